The Hall–Kier alpha value is -1.32. The topological polar surface area (TPSA) is 28.3 Å². The van der Waals surface area contributed by atoms with Crippen LogP contribution in [0.1, 0.15) is 24.0 Å². The first-order valence-corrected chi connectivity index (χ1v) is 7.11. The molecule has 0 bridgehead atoms. The maximum Gasteiger partial charge on any atom is 0.109 e. The molecule has 2 aliphatic rings. The Morgan fingerprint density at radius 2 is 2.32 bits per heavy atom. The van der Waals surface area contributed by atoms with E-state index < -0.39 is 0 Å². The molecule has 0 radical (unpaired) electrons. The average molecular weight is 256 g/mol. The number of benzene rings is 1. The fourth-order valence-corrected chi connectivity index (χ4v) is 4.23. The van der Waals surface area contributed by atoms with E-state index in [1.807, 2.05) is 7.11 Å². The first-order chi connectivity index (χ1) is 9.26. The van der Waals surface area contributed by atoms with E-state index in [0.717, 1.165) is 12.8 Å². The zero-order chi connectivity index (χ0) is 13.0. The molecule has 1 aromatic carbocycles. The van der Waals surface area contributed by atoms with Crippen molar-refractivity contribution in [2.75, 3.05) is 20.7 Å². The van der Waals surface area contributed by atoms with Gasteiger partial charge in [-0.25, -0.2) is 0 Å². The fourth-order valence-electron chi connectivity index (χ4n) is 4.23. The summed E-state index contributed by atoms with van der Waals surface area (Å²) in [5.41, 5.74) is 3.95. The summed E-state index contributed by atoms with van der Waals surface area (Å²) in [4.78, 5) is 5.89. The molecule has 2 heterocycles. The monoisotopic (exact) mass is 256 g/mol. The number of hydrogen-bond acceptors (Lipinski definition) is 2. The summed E-state index contributed by atoms with van der Waals surface area (Å²) in [7, 11) is 4.11. The number of nitrogens with one attached hydrogen (secondary N) is 1. The largest absolute Gasteiger partial charge is 0.372 e. The van der Waals surface area contributed by atoms with Crippen LogP contribution >= 0.6 is 0 Å². The molecule has 100 valence electrons. The van der Waals surface area contributed by atoms with E-state index in [1.165, 1.54) is 35.0 Å². The average Bonchev–Trinajstić information content (AvgIpc) is 2.85. The highest BCUT2D eigenvalue weighted by molar-refractivity contribution is 5.88. The number of likely N-dealkylation sites (tertiary alicyclic amines) is 1. The second kappa shape index (κ2) is 3.84. The molecule has 1 fully saturated rings. The number of aromatic amines is 1. The van der Waals surface area contributed by atoms with Gasteiger partial charge in [-0.15, -0.1) is 0 Å². The molecule has 1 aromatic heterocycles. The number of likely N-dealkylation sites (N-methyl/N-ethyl adjacent to an activating group) is 1. The van der Waals surface area contributed by atoms with Gasteiger partial charge in [-0.05, 0) is 50.0 Å². The molecular formula is C16H20N2O. The quantitative estimate of drug-likeness (QED) is 0.849. The van der Waals surface area contributed by atoms with Crippen molar-refractivity contribution < 1.29 is 4.74 Å². The highest BCUT2D eigenvalue weighted by atomic mass is 16.5. The summed E-state index contributed by atoms with van der Waals surface area (Å²) in [6, 6.07) is 7.03. The van der Waals surface area contributed by atoms with Gasteiger partial charge in [0.1, 0.15) is 5.60 Å². The van der Waals surface area contributed by atoms with Gasteiger partial charge in [0.2, 0.25) is 0 Å². The zero-order valence-corrected chi connectivity index (χ0v) is 11.6. The Morgan fingerprint density at radius 3 is 3.16 bits per heavy atom. The summed E-state index contributed by atoms with van der Waals surface area (Å²) in [5, 5.41) is 1.40. The molecular weight excluding hydrogens is 236 g/mol. The van der Waals surface area contributed by atoms with Crippen LogP contribution in [-0.2, 0) is 16.8 Å². The number of rotatable bonds is 1. The van der Waals surface area contributed by atoms with Gasteiger partial charge >= 0.3 is 0 Å². The van der Waals surface area contributed by atoms with Crippen molar-refractivity contribution >= 4 is 10.9 Å². The van der Waals surface area contributed by atoms with Gasteiger partial charge in [0, 0.05) is 30.3 Å². The molecule has 0 amide bonds. The Balaban J connectivity index is 2.02. The molecule has 2 unspecified atom stereocenters. The predicted molar refractivity (Wildman–Crippen MR) is 76.3 cm³/mol. The van der Waals surface area contributed by atoms with Crippen LogP contribution in [0.2, 0.25) is 0 Å². The van der Waals surface area contributed by atoms with Gasteiger partial charge in [-0.1, -0.05) is 12.1 Å². The smallest absolute Gasteiger partial charge is 0.109 e. The van der Waals surface area contributed by atoms with E-state index in [2.05, 4.69) is 41.3 Å². The van der Waals surface area contributed by atoms with Gasteiger partial charge in [0.25, 0.3) is 0 Å². The number of aromatic nitrogens is 1. The van der Waals surface area contributed by atoms with E-state index in [0.29, 0.717) is 6.04 Å². The van der Waals surface area contributed by atoms with Crippen LogP contribution in [-0.4, -0.2) is 36.6 Å². The number of nitrogens with zero attached hydrogens (tertiary/aromatic N) is 1. The minimum atomic E-state index is -0.123. The third kappa shape index (κ3) is 1.35. The lowest BCUT2D eigenvalue weighted by atomic mass is 9.71. The summed E-state index contributed by atoms with van der Waals surface area (Å²) in [5.74, 6) is 0. The standard InChI is InChI=1S/C16H20N2O/c1-18-8-4-7-16(19-2)12-5-3-6-13-15(12)11(10-17-13)9-14(16)18/h3,5-6,10,14,17H,4,7-9H2,1-2H3. The molecule has 1 saturated heterocycles. The highest BCUT2D eigenvalue weighted by Crippen LogP contribution is 2.47. The summed E-state index contributed by atoms with van der Waals surface area (Å²) < 4.78 is 6.11. The van der Waals surface area contributed by atoms with E-state index in [4.69, 9.17) is 4.74 Å². The van der Waals surface area contributed by atoms with E-state index >= 15 is 0 Å². The summed E-state index contributed by atoms with van der Waals surface area (Å²) in [6.45, 7) is 1.17. The molecule has 1 aliphatic heterocycles. The third-order valence-electron chi connectivity index (χ3n) is 5.15. The number of methoxy groups -OCH3 is 1. The second-order valence-electron chi connectivity index (χ2n) is 5.94. The molecule has 0 spiro atoms. The summed E-state index contributed by atoms with van der Waals surface area (Å²) >= 11 is 0. The second-order valence-corrected chi connectivity index (χ2v) is 5.94. The van der Waals surface area contributed by atoms with Crippen LogP contribution in [0.4, 0.5) is 0 Å². The number of hydrogen-bond donors (Lipinski definition) is 1. The Labute approximate surface area is 113 Å². The van der Waals surface area contributed by atoms with E-state index in [1.54, 1.807) is 0 Å². The minimum absolute atomic E-state index is 0.123. The van der Waals surface area contributed by atoms with Gasteiger partial charge in [0.05, 0.1) is 0 Å². The van der Waals surface area contributed by atoms with Gasteiger partial charge < -0.3 is 9.72 Å². The van der Waals surface area contributed by atoms with E-state index in [9.17, 15) is 0 Å². The van der Waals surface area contributed by atoms with Crippen molar-refractivity contribution in [3.05, 3.63) is 35.5 Å². The van der Waals surface area contributed by atoms with Crippen molar-refractivity contribution in [2.45, 2.75) is 30.9 Å². The molecule has 1 aliphatic carbocycles. The Bertz CT molecular complexity index is 633. The minimum Gasteiger partial charge on any atom is -0.372 e. The SMILES string of the molecule is COC12CCCN(C)C1Cc1c[nH]c3cccc2c13. The predicted octanol–water partition coefficient (Wildman–Crippen LogP) is 2.66. The van der Waals surface area contributed by atoms with Crippen LogP contribution in [0.15, 0.2) is 24.4 Å². The first-order valence-electron chi connectivity index (χ1n) is 7.11. The third-order valence-corrected chi connectivity index (χ3v) is 5.15. The van der Waals surface area contributed by atoms with Crippen LogP contribution in [0, 0.1) is 0 Å². The maximum atomic E-state index is 6.11. The van der Waals surface area contributed by atoms with Crippen LogP contribution in [0.25, 0.3) is 10.9 Å². The number of fused-ring (bicyclic) bond motifs is 2. The Kier molecular flexibility index (Phi) is 2.32. The highest BCUT2D eigenvalue weighted by Gasteiger charge is 2.48. The van der Waals surface area contributed by atoms with Crippen molar-refractivity contribution in [2.24, 2.45) is 0 Å². The molecule has 4 rings (SSSR count). The fraction of sp³-hybridized carbons (Fsp3) is 0.500. The lowest BCUT2D eigenvalue weighted by Gasteiger charge is -2.50. The molecule has 19 heavy (non-hydrogen) atoms. The van der Waals surface area contributed by atoms with Gasteiger partial charge in [-0.3, -0.25) is 4.90 Å². The number of ether oxygens (including phenoxy) is 1. The normalized spacial score (nSPS) is 30.5. The molecule has 0 saturated carbocycles. The van der Waals surface area contributed by atoms with Crippen molar-refractivity contribution in [1.82, 2.24) is 9.88 Å². The molecule has 3 heteroatoms. The molecule has 2 aromatic rings. The van der Waals surface area contributed by atoms with Gasteiger partial charge in [-0.2, -0.15) is 0 Å². The Morgan fingerprint density at radius 1 is 1.42 bits per heavy atom. The van der Waals surface area contributed by atoms with Crippen LogP contribution < -0.4 is 0 Å². The number of piperidine rings is 1. The summed E-state index contributed by atoms with van der Waals surface area (Å²) in [6.07, 6.45) is 5.59. The van der Waals surface area contributed by atoms with Crippen molar-refractivity contribution in [3.63, 3.8) is 0 Å². The van der Waals surface area contributed by atoms with Crippen molar-refractivity contribution in [1.29, 1.82) is 0 Å². The lowest BCUT2D eigenvalue weighted by molar-refractivity contribution is -0.108. The van der Waals surface area contributed by atoms with Crippen molar-refractivity contribution in [3.8, 4) is 0 Å². The molecule has 1 N–H and O–H groups in total. The number of H-pyrrole nitrogens is 1. The first kappa shape index (κ1) is 11.5. The van der Waals surface area contributed by atoms with E-state index in [-0.39, 0.29) is 5.60 Å². The van der Waals surface area contributed by atoms with Crippen LogP contribution in [0.3, 0.4) is 0 Å². The molecule has 3 nitrogen and oxygen atoms in total. The zero-order valence-electron chi connectivity index (χ0n) is 11.6. The maximum absolute atomic E-state index is 6.11. The lowest BCUT2D eigenvalue weighted by Crippen LogP contribution is -2.56. The van der Waals surface area contributed by atoms with Crippen LogP contribution in [0.5, 0.6) is 0 Å². The van der Waals surface area contributed by atoms with Gasteiger partial charge in [0.15, 0.2) is 0 Å². The molecule has 2 atom stereocenters.